The lowest BCUT2D eigenvalue weighted by Gasteiger charge is -2.20. The first-order valence-electron chi connectivity index (χ1n) is 9.62. The second-order valence-corrected chi connectivity index (χ2v) is 7.53. The molecule has 3 aromatic heterocycles. The fourth-order valence-corrected chi connectivity index (χ4v) is 3.79. The van der Waals surface area contributed by atoms with Gasteiger partial charge in [-0.3, -0.25) is 9.36 Å². The third-order valence-corrected chi connectivity index (χ3v) is 5.43. The number of imidazole rings is 1. The number of anilines is 1. The topological polar surface area (TPSA) is 101 Å². The fraction of sp³-hybridized carbons (Fsp3) is 0.0952. The third-order valence-electron chi connectivity index (χ3n) is 5.06. The lowest BCUT2D eigenvalue weighted by Crippen LogP contribution is -2.28. The molecule has 0 aliphatic carbocycles. The Morgan fingerprint density at radius 3 is 2.70 bits per heavy atom. The number of H-pyrrole nitrogens is 1. The fourth-order valence-electron chi connectivity index (χ4n) is 3.55. The van der Waals surface area contributed by atoms with E-state index in [9.17, 15) is 18.0 Å². The van der Waals surface area contributed by atoms with Crippen molar-refractivity contribution in [2.24, 2.45) is 0 Å². The van der Waals surface area contributed by atoms with Crippen LogP contribution in [0.4, 0.5) is 19.0 Å². The highest BCUT2D eigenvalue weighted by molar-refractivity contribution is 6.35. The number of hydrogen-bond donors (Lipinski definition) is 2. The molecule has 12 heteroatoms. The molecule has 0 fully saturated rings. The summed E-state index contributed by atoms with van der Waals surface area (Å²) >= 11 is 6.04. The molecule has 0 saturated carbocycles. The molecule has 8 nitrogen and oxygen atoms in total. The quantitative estimate of drug-likeness (QED) is 0.405. The number of benzene rings is 2. The van der Waals surface area contributed by atoms with Gasteiger partial charge in [0.05, 0.1) is 34.0 Å². The summed E-state index contributed by atoms with van der Waals surface area (Å²) < 4.78 is 43.7. The van der Waals surface area contributed by atoms with Crippen LogP contribution in [0.2, 0.25) is 5.02 Å². The van der Waals surface area contributed by atoms with Crippen LogP contribution >= 0.6 is 11.6 Å². The van der Waals surface area contributed by atoms with Crippen LogP contribution in [0, 0.1) is 17.5 Å². The van der Waals surface area contributed by atoms with Gasteiger partial charge in [-0.25, -0.2) is 33.1 Å². The first kappa shape index (κ1) is 20.9. The van der Waals surface area contributed by atoms with Gasteiger partial charge in [-0.1, -0.05) is 11.6 Å². The molecular formula is C21H13ClF3N7O. The molecule has 1 unspecified atom stereocenters. The van der Waals surface area contributed by atoms with Crippen molar-refractivity contribution in [2.45, 2.75) is 13.0 Å². The summed E-state index contributed by atoms with van der Waals surface area (Å²) in [7, 11) is 0. The normalized spacial score (nSPS) is 12.4. The van der Waals surface area contributed by atoms with Crippen LogP contribution in [0.5, 0.6) is 0 Å². The molecule has 0 aliphatic rings. The summed E-state index contributed by atoms with van der Waals surface area (Å²) in [6.07, 6.45) is 2.75. The zero-order valence-corrected chi connectivity index (χ0v) is 17.5. The standard InChI is InChI=1S/C21H13ClF3N7O/c1-9(30-19-17-18(27-7-26-17)28-8-29-19)20-31-13-5-4-12(25)16(22)15(13)21(33)32(20)14-6-10(23)2-3-11(14)24/h2-9H,1H3,(H2,26,27,28,29,30). The Hall–Kier alpha value is -3.99. The molecule has 5 rings (SSSR count). The van der Waals surface area contributed by atoms with Crippen molar-refractivity contribution in [3.8, 4) is 5.69 Å². The monoisotopic (exact) mass is 471 g/mol. The smallest absolute Gasteiger partial charge is 0.267 e. The van der Waals surface area contributed by atoms with Gasteiger partial charge >= 0.3 is 0 Å². The zero-order chi connectivity index (χ0) is 23.3. The Kier molecular flexibility index (Phi) is 4.97. The van der Waals surface area contributed by atoms with Crippen molar-refractivity contribution in [1.29, 1.82) is 0 Å². The molecule has 0 radical (unpaired) electrons. The van der Waals surface area contributed by atoms with Gasteiger partial charge in [0.1, 0.15) is 35.1 Å². The van der Waals surface area contributed by atoms with Gasteiger partial charge in [-0.05, 0) is 31.2 Å². The highest BCUT2D eigenvalue weighted by Crippen LogP contribution is 2.28. The van der Waals surface area contributed by atoms with Crippen molar-refractivity contribution < 1.29 is 13.2 Å². The van der Waals surface area contributed by atoms with Crippen LogP contribution < -0.4 is 10.9 Å². The van der Waals surface area contributed by atoms with Gasteiger partial charge in [0, 0.05) is 6.07 Å². The Labute approximate surface area is 188 Å². The number of aromatic nitrogens is 6. The summed E-state index contributed by atoms with van der Waals surface area (Å²) in [5.41, 5.74) is -0.255. The highest BCUT2D eigenvalue weighted by atomic mass is 35.5. The third kappa shape index (κ3) is 3.46. The van der Waals surface area contributed by atoms with Crippen LogP contribution in [-0.2, 0) is 0 Å². The Balaban J connectivity index is 1.77. The Morgan fingerprint density at radius 2 is 1.88 bits per heavy atom. The van der Waals surface area contributed by atoms with E-state index in [4.69, 9.17) is 11.6 Å². The van der Waals surface area contributed by atoms with Gasteiger partial charge < -0.3 is 10.3 Å². The first-order valence-corrected chi connectivity index (χ1v) is 9.99. The largest absolute Gasteiger partial charge is 0.358 e. The van der Waals surface area contributed by atoms with E-state index in [0.717, 1.165) is 28.8 Å². The summed E-state index contributed by atoms with van der Waals surface area (Å²) in [5.74, 6) is -2.15. The van der Waals surface area contributed by atoms with E-state index in [2.05, 4.69) is 30.2 Å². The first-order chi connectivity index (χ1) is 15.8. The minimum absolute atomic E-state index is 0.0157. The molecule has 0 amide bonds. The van der Waals surface area contributed by atoms with E-state index in [1.165, 1.54) is 18.7 Å². The van der Waals surface area contributed by atoms with Gasteiger partial charge in [0.25, 0.3) is 5.56 Å². The van der Waals surface area contributed by atoms with Crippen LogP contribution in [0.1, 0.15) is 18.8 Å². The molecule has 2 aromatic carbocycles. The maximum Gasteiger partial charge on any atom is 0.267 e. The maximum atomic E-state index is 14.7. The summed E-state index contributed by atoms with van der Waals surface area (Å²) in [4.78, 5) is 33.1. The van der Waals surface area contributed by atoms with E-state index < -0.39 is 39.8 Å². The van der Waals surface area contributed by atoms with E-state index in [1.54, 1.807) is 6.92 Å². The highest BCUT2D eigenvalue weighted by Gasteiger charge is 2.23. The van der Waals surface area contributed by atoms with E-state index in [1.807, 2.05) is 0 Å². The van der Waals surface area contributed by atoms with Crippen LogP contribution in [0.25, 0.3) is 27.8 Å². The van der Waals surface area contributed by atoms with Crippen molar-refractivity contribution in [2.75, 3.05) is 5.32 Å². The predicted octanol–water partition coefficient (Wildman–Crippen LogP) is 4.30. The molecule has 33 heavy (non-hydrogen) atoms. The van der Waals surface area contributed by atoms with E-state index >= 15 is 0 Å². The number of nitrogens with zero attached hydrogens (tertiary/aromatic N) is 5. The minimum Gasteiger partial charge on any atom is -0.358 e. The zero-order valence-electron chi connectivity index (χ0n) is 16.8. The lowest BCUT2D eigenvalue weighted by molar-refractivity contribution is 0.584. The van der Waals surface area contributed by atoms with E-state index in [-0.39, 0.29) is 16.7 Å². The van der Waals surface area contributed by atoms with Crippen LogP contribution in [0.3, 0.4) is 0 Å². The molecule has 1 atom stereocenters. The molecule has 166 valence electrons. The maximum absolute atomic E-state index is 14.7. The van der Waals surface area contributed by atoms with Gasteiger partial charge in [0.15, 0.2) is 11.5 Å². The second kappa shape index (κ2) is 7.85. The van der Waals surface area contributed by atoms with E-state index in [0.29, 0.717) is 17.0 Å². The Bertz CT molecular complexity index is 1600. The van der Waals surface area contributed by atoms with Gasteiger partial charge in [-0.2, -0.15) is 0 Å². The molecule has 5 aromatic rings. The SMILES string of the molecule is CC(Nc1ncnc2[nH]cnc12)c1nc2ccc(F)c(Cl)c2c(=O)n1-c1cc(F)ccc1F. The molecular weight excluding hydrogens is 459 g/mol. The average Bonchev–Trinajstić information content (AvgIpc) is 3.28. The van der Waals surface area contributed by atoms with Crippen LogP contribution in [-0.4, -0.2) is 29.5 Å². The van der Waals surface area contributed by atoms with Crippen molar-refractivity contribution >= 4 is 39.5 Å². The predicted molar refractivity (Wildman–Crippen MR) is 116 cm³/mol. The molecule has 0 bridgehead atoms. The number of rotatable bonds is 4. The molecule has 2 N–H and O–H groups in total. The molecule has 0 saturated heterocycles. The number of fused-ring (bicyclic) bond motifs is 2. The molecule has 3 heterocycles. The molecule has 0 aliphatic heterocycles. The Morgan fingerprint density at radius 1 is 1.09 bits per heavy atom. The average molecular weight is 472 g/mol. The number of hydrogen-bond acceptors (Lipinski definition) is 6. The van der Waals surface area contributed by atoms with Gasteiger partial charge in [-0.15, -0.1) is 0 Å². The minimum atomic E-state index is -0.877. The van der Waals surface area contributed by atoms with Crippen LogP contribution in [0.15, 0.2) is 47.8 Å². The summed E-state index contributed by atoms with van der Waals surface area (Å²) in [6, 6.07) is 4.25. The number of aromatic amines is 1. The summed E-state index contributed by atoms with van der Waals surface area (Å²) in [5, 5.41) is 2.35. The second-order valence-electron chi connectivity index (χ2n) is 7.15. The number of nitrogens with one attached hydrogen (secondary N) is 2. The van der Waals surface area contributed by atoms with Crippen molar-refractivity contribution in [3.05, 3.63) is 81.6 Å². The molecule has 0 spiro atoms. The van der Waals surface area contributed by atoms with Crippen molar-refractivity contribution in [1.82, 2.24) is 29.5 Å². The number of halogens is 4. The lowest BCUT2D eigenvalue weighted by atomic mass is 10.2. The summed E-state index contributed by atoms with van der Waals surface area (Å²) in [6.45, 7) is 1.65. The van der Waals surface area contributed by atoms with Crippen molar-refractivity contribution in [3.63, 3.8) is 0 Å². The van der Waals surface area contributed by atoms with Gasteiger partial charge in [0.2, 0.25) is 0 Å².